The lowest BCUT2D eigenvalue weighted by molar-refractivity contribution is 0.0764. The zero-order chi connectivity index (χ0) is 27.6. The van der Waals surface area contributed by atoms with Crippen molar-refractivity contribution in [2.24, 2.45) is 0 Å². The first kappa shape index (κ1) is 26.1. The summed E-state index contributed by atoms with van der Waals surface area (Å²) in [6.45, 7) is 3.62. The van der Waals surface area contributed by atoms with E-state index in [2.05, 4.69) is 19.8 Å². The second kappa shape index (κ2) is 10.3. The molecule has 4 aromatic rings. The quantitative estimate of drug-likeness (QED) is 0.342. The number of nitrogens with zero attached hydrogens (tertiary/aromatic N) is 4. The number of amides is 1. The second-order valence-corrected chi connectivity index (χ2v) is 11.1. The van der Waals surface area contributed by atoms with E-state index in [-0.39, 0.29) is 28.9 Å². The fourth-order valence-corrected chi connectivity index (χ4v) is 6.03. The van der Waals surface area contributed by atoms with Crippen LogP contribution in [-0.2, 0) is 15.4 Å². The van der Waals surface area contributed by atoms with Gasteiger partial charge in [-0.25, -0.2) is 18.1 Å². The third-order valence-electron chi connectivity index (χ3n) is 6.74. The average molecular weight is 546 g/mol. The van der Waals surface area contributed by atoms with Crippen LogP contribution in [0.2, 0.25) is 0 Å². The number of aryl methyl sites for hydroxylation is 1. The molecule has 1 amide bonds. The van der Waals surface area contributed by atoms with Crippen LogP contribution in [0, 0.1) is 13.8 Å². The monoisotopic (exact) mass is 545 g/mol. The minimum atomic E-state index is -4.11. The molecule has 0 radical (unpaired) electrons. The number of anilines is 1. The molecule has 0 saturated carbocycles. The molecular weight excluding hydrogens is 518 g/mol. The normalized spacial score (nSPS) is 17.1. The van der Waals surface area contributed by atoms with E-state index < -0.39 is 15.4 Å². The van der Waals surface area contributed by atoms with Crippen LogP contribution in [0.15, 0.2) is 93.2 Å². The van der Waals surface area contributed by atoms with Gasteiger partial charge in [0.05, 0.1) is 16.8 Å². The Hall–Kier alpha value is -4.51. The van der Waals surface area contributed by atoms with Crippen molar-refractivity contribution in [2.75, 3.05) is 18.3 Å². The highest BCUT2D eigenvalue weighted by molar-refractivity contribution is 7.92. The number of carbonyl (C=O) groups excluding carboxylic acids is 1. The molecule has 5 rings (SSSR count). The Balaban J connectivity index is 1.62. The summed E-state index contributed by atoms with van der Waals surface area (Å²) in [5.74, 6) is 0.153. The summed E-state index contributed by atoms with van der Waals surface area (Å²) < 4.78 is 40.8. The molecule has 1 N–H and O–H groups in total. The van der Waals surface area contributed by atoms with Crippen molar-refractivity contribution in [3.63, 3.8) is 0 Å². The van der Waals surface area contributed by atoms with Crippen LogP contribution < -0.4 is 4.72 Å². The lowest BCUT2D eigenvalue weighted by atomic mass is 9.73. The summed E-state index contributed by atoms with van der Waals surface area (Å²) in [7, 11) is -2.44. The minimum Gasteiger partial charge on any atom is -0.445 e. The Morgan fingerprint density at radius 2 is 1.90 bits per heavy atom. The van der Waals surface area contributed by atoms with E-state index in [0.717, 1.165) is 0 Å². The van der Waals surface area contributed by atoms with Crippen LogP contribution in [0.5, 0.6) is 0 Å². The topological polar surface area (TPSA) is 131 Å². The van der Waals surface area contributed by atoms with Crippen LogP contribution in [0.1, 0.15) is 39.6 Å². The van der Waals surface area contributed by atoms with Crippen molar-refractivity contribution in [1.82, 2.24) is 20.0 Å². The van der Waals surface area contributed by atoms with Crippen LogP contribution in [-0.4, -0.2) is 47.9 Å². The number of rotatable bonds is 8. The summed E-state index contributed by atoms with van der Waals surface area (Å²) in [6.07, 6.45) is 10.7. The lowest BCUT2D eigenvalue weighted by Crippen LogP contribution is -2.42. The van der Waals surface area contributed by atoms with Gasteiger partial charge in [-0.15, -0.1) is 0 Å². The van der Waals surface area contributed by atoms with Gasteiger partial charge in [0.1, 0.15) is 12.0 Å². The zero-order valence-corrected chi connectivity index (χ0v) is 22.5. The summed E-state index contributed by atoms with van der Waals surface area (Å²) in [4.78, 5) is 23.4. The maximum absolute atomic E-state index is 13.8. The standard InChI is InChI=1S/C28H27N5O5S/c1-19-20(2)31-38-25(19)32-39(35,36)24-12-5-4-10-22(24)28(13-8-9-21(17-28)26-30-15-16-37-26)18-33(3)27(34)23-11-6-7-14-29-23/h4-12,14-17,32H,13,18H2,1-3H3. The van der Waals surface area contributed by atoms with Crippen LogP contribution in [0.25, 0.3) is 5.57 Å². The second-order valence-electron chi connectivity index (χ2n) is 9.40. The first-order chi connectivity index (χ1) is 18.7. The van der Waals surface area contributed by atoms with Crippen molar-refractivity contribution in [3.05, 3.63) is 108 Å². The molecule has 3 heterocycles. The number of oxazole rings is 1. The van der Waals surface area contributed by atoms with E-state index in [9.17, 15) is 13.2 Å². The molecule has 0 saturated heterocycles. The van der Waals surface area contributed by atoms with Crippen LogP contribution >= 0.6 is 0 Å². The van der Waals surface area contributed by atoms with Gasteiger partial charge in [0.15, 0.2) is 0 Å². The average Bonchev–Trinajstić information content (AvgIpc) is 3.60. The van der Waals surface area contributed by atoms with E-state index in [4.69, 9.17) is 8.94 Å². The number of allylic oxidation sites excluding steroid dienone is 3. The lowest BCUT2D eigenvalue weighted by Gasteiger charge is -2.37. The van der Waals surface area contributed by atoms with E-state index in [1.807, 2.05) is 18.2 Å². The molecule has 0 bridgehead atoms. The number of carbonyl (C=O) groups is 1. The summed E-state index contributed by atoms with van der Waals surface area (Å²) in [6, 6.07) is 11.9. The highest BCUT2D eigenvalue weighted by atomic mass is 32.2. The fraction of sp³-hybridized carbons (Fsp3) is 0.214. The van der Waals surface area contributed by atoms with E-state index in [1.54, 1.807) is 74.6 Å². The fourth-order valence-electron chi connectivity index (χ4n) is 4.66. The Bertz CT molecular complexity index is 1660. The Labute approximate surface area is 226 Å². The Kier molecular flexibility index (Phi) is 6.92. The minimum absolute atomic E-state index is 0.0513. The summed E-state index contributed by atoms with van der Waals surface area (Å²) in [5.41, 5.74) is 1.70. The van der Waals surface area contributed by atoms with Gasteiger partial charge in [0.2, 0.25) is 11.8 Å². The highest BCUT2D eigenvalue weighted by Crippen LogP contribution is 2.41. The highest BCUT2D eigenvalue weighted by Gasteiger charge is 2.39. The number of pyridine rings is 1. The number of sulfonamides is 1. The first-order valence-corrected chi connectivity index (χ1v) is 13.7. The Morgan fingerprint density at radius 3 is 2.59 bits per heavy atom. The molecule has 1 aliphatic rings. The van der Waals surface area contributed by atoms with E-state index >= 15 is 0 Å². The molecule has 200 valence electrons. The van der Waals surface area contributed by atoms with Crippen LogP contribution in [0.3, 0.4) is 0 Å². The van der Waals surface area contributed by atoms with Crippen LogP contribution in [0.4, 0.5) is 5.88 Å². The number of likely N-dealkylation sites (N-methyl/N-ethyl adjacent to an activating group) is 1. The smallest absolute Gasteiger partial charge is 0.272 e. The molecule has 0 aliphatic heterocycles. The van der Waals surface area contributed by atoms with Gasteiger partial charge in [-0.2, -0.15) is 0 Å². The van der Waals surface area contributed by atoms with Gasteiger partial charge in [0, 0.05) is 36.3 Å². The van der Waals surface area contributed by atoms with Gasteiger partial charge < -0.3 is 13.8 Å². The predicted octanol–water partition coefficient (Wildman–Crippen LogP) is 4.53. The molecule has 1 aromatic carbocycles. The molecule has 0 spiro atoms. The van der Waals surface area contributed by atoms with Gasteiger partial charge >= 0.3 is 0 Å². The van der Waals surface area contributed by atoms with Crippen molar-refractivity contribution in [1.29, 1.82) is 0 Å². The first-order valence-electron chi connectivity index (χ1n) is 12.2. The predicted molar refractivity (Wildman–Crippen MR) is 144 cm³/mol. The SMILES string of the molecule is Cc1noc(NS(=O)(=O)c2ccccc2C2(CN(C)C(=O)c3ccccn3)C=C(c3ncco3)C=CC2)c1C. The molecule has 1 aliphatic carbocycles. The van der Waals surface area contributed by atoms with Gasteiger partial charge in [0.25, 0.3) is 15.9 Å². The molecular formula is C28H27N5O5S. The van der Waals surface area contributed by atoms with Crippen molar-refractivity contribution in [2.45, 2.75) is 30.6 Å². The maximum Gasteiger partial charge on any atom is 0.272 e. The summed E-state index contributed by atoms with van der Waals surface area (Å²) >= 11 is 0. The third-order valence-corrected chi connectivity index (χ3v) is 8.13. The number of hydrogen-bond acceptors (Lipinski definition) is 8. The van der Waals surface area contributed by atoms with Gasteiger partial charge in [-0.3, -0.25) is 9.78 Å². The molecule has 11 heteroatoms. The molecule has 0 fully saturated rings. The van der Waals surface area contributed by atoms with Gasteiger partial charge in [-0.1, -0.05) is 47.7 Å². The van der Waals surface area contributed by atoms with E-state index in [0.29, 0.717) is 34.7 Å². The van der Waals surface area contributed by atoms with Gasteiger partial charge in [-0.05, 0) is 44.0 Å². The Morgan fingerprint density at radius 1 is 1.10 bits per heavy atom. The number of aromatic nitrogens is 3. The molecule has 1 unspecified atom stereocenters. The molecule has 39 heavy (non-hydrogen) atoms. The molecule has 1 atom stereocenters. The largest absolute Gasteiger partial charge is 0.445 e. The van der Waals surface area contributed by atoms with Crippen molar-refractivity contribution >= 4 is 27.4 Å². The number of nitrogens with one attached hydrogen (secondary N) is 1. The summed E-state index contributed by atoms with van der Waals surface area (Å²) in [5, 5.41) is 3.86. The van der Waals surface area contributed by atoms with E-state index in [1.165, 1.54) is 12.3 Å². The zero-order valence-electron chi connectivity index (χ0n) is 21.7. The molecule has 3 aromatic heterocycles. The number of hydrogen-bond donors (Lipinski definition) is 1. The third kappa shape index (κ3) is 5.13. The maximum atomic E-state index is 13.8. The number of benzene rings is 1. The van der Waals surface area contributed by atoms with Crippen molar-refractivity contribution in [3.8, 4) is 0 Å². The molecule has 10 nitrogen and oxygen atoms in total. The van der Waals surface area contributed by atoms with Crippen molar-refractivity contribution < 1.29 is 22.2 Å².